The molecule has 0 aliphatic heterocycles. The second kappa shape index (κ2) is 6.89. The molecule has 0 aromatic carbocycles. The molecule has 16 heavy (non-hydrogen) atoms. The second-order valence-corrected chi connectivity index (χ2v) is 5.03. The summed E-state index contributed by atoms with van der Waals surface area (Å²) in [4.78, 5) is 11.9. The fourth-order valence-electron chi connectivity index (χ4n) is 2.61. The van der Waals surface area contributed by atoms with Gasteiger partial charge in [-0.15, -0.1) is 0 Å². The molecule has 0 radical (unpaired) electrons. The summed E-state index contributed by atoms with van der Waals surface area (Å²) in [6.45, 7) is 4.97. The van der Waals surface area contributed by atoms with Crippen LogP contribution in [-0.2, 0) is 4.79 Å². The highest BCUT2D eigenvalue weighted by atomic mass is 16.1. The van der Waals surface area contributed by atoms with Crippen LogP contribution in [0.4, 0.5) is 0 Å². The van der Waals surface area contributed by atoms with Crippen LogP contribution in [0.3, 0.4) is 0 Å². The van der Waals surface area contributed by atoms with Crippen molar-refractivity contribution in [2.75, 3.05) is 13.6 Å². The zero-order valence-corrected chi connectivity index (χ0v) is 10.9. The zero-order chi connectivity index (χ0) is 12.0. The Labute approximate surface area is 99.4 Å². The third-order valence-electron chi connectivity index (χ3n) is 3.72. The van der Waals surface area contributed by atoms with Gasteiger partial charge in [-0.1, -0.05) is 33.1 Å². The molecular weight excluding hydrogens is 200 g/mol. The Hall–Kier alpha value is -0.570. The fraction of sp³-hybridized carbons (Fsp3) is 0.923. The largest absolute Gasteiger partial charge is 0.353 e. The van der Waals surface area contributed by atoms with Crippen molar-refractivity contribution >= 4 is 5.91 Å². The maximum atomic E-state index is 11.9. The first-order chi connectivity index (χ1) is 7.69. The van der Waals surface area contributed by atoms with Gasteiger partial charge in [-0.3, -0.25) is 4.79 Å². The van der Waals surface area contributed by atoms with Crippen molar-refractivity contribution < 1.29 is 4.79 Å². The Bertz CT molecular complexity index is 218. The predicted octanol–water partition coefficient (Wildman–Crippen LogP) is 1.93. The first-order valence-electron chi connectivity index (χ1n) is 6.64. The highest BCUT2D eigenvalue weighted by Crippen LogP contribution is 2.26. The van der Waals surface area contributed by atoms with Crippen LogP contribution in [0, 0.1) is 11.8 Å². The lowest BCUT2D eigenvalue weighted by atomic mass is 9.82. The van der Waals surface area contributed by atoms with Crippen molar-refractivity contribution in [1.29, 1.82) is 0 Å². The summed E-state index contributed by atoms with van der Waals surface area (Å²) in [5.74, 6) is 0.976. The van der Waals surface area contributed by atoms with Crippen LogP contribution in [0.5, 0.6) is 0 Å². The predicted molar refractivity (Wildman–Crippen MR) is 67.3 cm³/mol. The van der Waals surface area contributed by atoms with Crippen molar-refractivity contribution in [3.8, 4) is 0 Å². The van der Waals surface area contributed by atoms with E-state index in [9.17, 15) is 4.79 Å². The topological polar surface area (TPSA) is 41.1 Å². The van der Waals surface area contributed by atoms with Crippen molar-refractivity contribution in [3.05, 3.63) is 0 Å². The van der Waals surface area contributed by atoms with E-state index in [1.165, 1.54) is 25.7 Å². The van der Waals surface area contributed by atoms with Crippen LogP contribution in [0.1, 0.15) is 46.0 Å². The number of carbonyl (C=O) groups is 1. The highest BCUT2D eigenvalue weighted by molar-refractivity contribution is 5.78. The molecule has 0 heterocycles. The molecule has 94 valence electrons. The zero-order valence-electron chi connectivity index (χ0n) is 10.9. The lowest BCUT2D eigenvalue weighted by Gasteiger charge is -2.32. The van der Waals surface area contributed by atoms with Gasteiger partial charge in [0, 0.05) is 18.5 Å². The quantitative estimate of drug-likeness (QED) is 0.752. The van der Waals surface area contributed by atoms with E-state index < -0.39 is 0 Å². The lowest BCUT2D eigenvalue weighted by Crippen LogP contribution is -2.45. The van der Waals surface area contributed by atoms with Gasteiger partial charge in [0.15, 0.2) is 0 Å². The summed E-state index contributed by atoms with van der Waals surface area (Å²) in [5.41, 5.74) is 0. The molecule has 1 aliphatic carbocycles. The number of carbonyl (C=O) groups excluding carboxylic acids is 1. The SMILES string of the molecule is CCC1CCCCC1NC(=O)C(C)CNC. The number of amides is 1. The van der Waals surface area contributed by atoms with E-state index in [1.807, 2.05) is 14.0 Å². The number of hydrogen-bond acceptors (Lipinski definition) is 2. The molecule has 0 bridgehead atoms. The molecule has 0 aromatic rings. The summed E-state index contributed by atoms with van der Waals surface area (Å²) in [7, 11) is 1.89. The third-order valence-corrected chi connectivity index (χ3v) is 3.72. The van der Waals surface area contributed by atoms with Gasteiger partial charge in [0.2, 0.25) is 5.91 Å². The van der Waals surface area contributed by atoms with Crippen molar-refractivity contribution in [1.82, 2.24) is 10.6 Å². The van der Waals surface area contributed by atoms with Crippen LogP contribution in [0.15, 0.2) is 0 Å². The van der Waals surface area contributed by atoms with Gasteiger partial charge in [-0.25, -0.2) is 0 Å². The van der Waals surface area contributed by atoms with Crippen molar-refractivity contribution in [2.24, 2.45) is 11.8 Å². The van der Waals surface area contributed by atoms with Gasteiger partial charge < -0.3 is 10.6 Å². The first kappa shape index (κ1) is 13.5. The van der Waals surface area contributed by atoms with Gasteiger partial charge in [-0.2, -0.15) is 0 Å². The second-order valence-electron chi connectivity index (χ2n) is 5.03. The molecule has 3 unspecified atom stereocenters. The monoisotopic (exact) mass is 226 g/mol. The average molecular weight is 226 g/mol. The molecule has 3 nitrogen and oxygen atoms in total. The number of rotatable bonds is 5. The molecule has 3 atom stereocenters. The van der Waals surface area contributed by atoms with E-state index in [0.29, 0.717) is 12.0 Å². The first-order valence-corrected chi connectivity index (χ1v) is 6.64. The lowest BCUT2D eigenvalue weighted by molar-refractivity contribution is -0.125. The molecule has 1 amide bonds. The summed E-state index contributed by atoms with van der Waals surface area (Å²) < 4.78 is 0. The fourth-order valence-corrected chi connectivity index (χ4v) is 2.61. The Balaban J connectivity index is 2.41. The van der Waals surface area contributed by atoms with Crippen LogP contribution in [0.25, 0.3) is 0 Å². The van der Waals surface area contributed by atoms with Gasteiger partial charge in [0.05, 0.1) is 0 Å². The van der Waals surface area contributed by atoms with E-state index in [-0.39, 0.29) is 11.8 Å². The summed E-state index contributed by atoms with van der Waals surface area (Å²) in [6.07, 6.45) is 6.22. The van der Waals surface area contributed by atoms with Gasteiger partial charge in [-0.05, 0) is 25.8 Å². The molecule has 3 heteroatoms. The minimum atomic E-state index is 0.0735. The van der Waals surface area contributed by atoms with Crippen LogP contribution in [0.2, 0.25) is 0 Å². The van der Waals surface area contributed by atoms with E-state index >= 15 is 0 Å². The minimum absolute atomic E-state index is 0.0735. The Morgan fingerprint density at radius 1 is 1.38 bits per heavy atom. The van der Waals surface area contributed by atoms with E-state index in [4.69, 9.17) is 0 Å². The van der Waals surface area contributed by atoms with Gasteiger partial charge >= 0.3 is 0 Å². The Kier molecular flexibility index (Phi) is 5.81. The van der Waals surface area contributed by atoms with E-state index in [2.05, 4.69) is 17.6 Å². The summed E-state index contributed by atoms with van der Waals surface area (Å²) in [6, 6.07) is 0.422. The molecule has 0 saturated heterocycles. The van der Waals surface area contributed by atoms with Crippen LogP contribution in [-0.4, -0.2) is 25.5 Å². The molecular formula is C13H26N2O. The smallest absolute Gasteiger partial charge is 0.224 e. The molecule has 0 spiro atoms. The molecule has 1 fully saturated rings. The van der Waals surface area contributed by atoms with E-state index in [0.717, 1.165) is 13.0 Å². The Morgan fingerprint density at radius 2 is 2.06 bits per heavy atom. The molecule has 2 N–H and O–H groups in total. The van der Waals surface area contributed by atoms with E-state index in [1.54, 1.807) is 0 Å². The standard InChI is InChI=1S/C13H26N2O/c1-4-11-7-5-6-8-12(11)15-13(16)10(2)9-14-3/h10-12,14H,4-9H2,1-3H3,(H,15,16). The van der Waals surface area contributed by atoms with Gasteiger partial charge in [0.1, 0.15) is 0 Å². The number of nitrogens with one attached hydrogen (secondary N) is 2. The maximum absolute atomic E-state index is 11.9. The molecule has 0 aromatic heterocycles. The summed E-state index contributed by atoms with van der Waals surface area (Å²) in [5, 5.41) is 6.28. The normalized spacial score (nSPS) is 27.4. The number of hydrogen-bond donors (Lipinski definition) is 2. The van der Waals surface area contributed by atoms with Gasteiger partial charge in [0.25, 0.3) is 0 Å². The van der Waals surface area contributed by atoms with Crippen molar-refractivity contribution in [2.45, 2.75) is 52.0 Å². The molecule has 1 saturated carbocycles. The Morgan fingerprint density at radius 3 is 2.69 bits per heavy atom. The third kappa shape index (κ3) is 3.78. The highest BCUT2D eigenvalue weighted by Gasteiger charge is 2.26. The minimum Gasteiger partial charge on any atom is -0.353 e. The average Bonchev–Trinajstić information content (AvgIpc) is 2.30. The molecule has 1 rings (SSSR count). The van der Waals surface area contributed by atoms with Crippen LogP contribution >= 0.6 is 0 Å². The summed E-state index contributed by atoms with van der Waals surface area (Å²) >= 11 is 0. The van der Waals surface area contributed by atoms with Crippen LogP contribution < -0.4 is 10.6 Å². The van der Waals surface area contributed by atoms with Crippen molar-refractivity contribution in [3.63, 3.8) is 0 Å². The maximum Gasteiger partial charge on any atom is 0.224 e. The molecule has 1 aliphatic rings.